The molecule has 0 saturated carbocycles. The van der Waals surface area contributed by atoms with Gasteiger partial charge in [0.25, 0.3) is 5.69 Å². The van der Waals surface area contributed by atoms with Gasteiger partial charge in [0, 0.05) is 43.0 Å². The minimum absolute atomic E-state index is 0.122. The van der Waals surface area contributed by atoms with Crippen LogP contribution in [0.25, 0.3) is 0 Å². The van der Waals surface area contributed by atoms with Gasteiger partial charge in [0.2, 0.25) is 5.91 Å². The van der Waals surface area contributed by atoms with E-state index in [9.17, 15) is 14.9 Å². The van der Waals surface area contributed by atoms with Crippen LogP contribution in [0.5, 0.6) is 0 Å². The zero-order valence-corrected chi connectivity index (χ0v) is 16.7. The molecular formula is C20H23ClN4O3. The lowest BCUT2D eigenvalue weighted by molar-refractivity contribution is -0.383. The quantitative estimate of drug-likeness (QED) is 0.610. The Morgan fingerprint density at radius 1 is 1.18 bits per heavy atom. The number of piperazine rings is 1. The Morgan fingerprint density at radius 2 is 1.89 bits per heavy atom. The Morgan fingerprint density at radius 3 is 2.57 bits per heavy atom. The second-order valence-corrected chi connectivity index (χ2v) is 7.39. The van der Waals surface area contributed by atoms with Crippen LogP contribution in [0.15, 0.2) is 36.4 Å². The first-order valence-electron chi connectivity index (χ1n) is 9.12. The molecule has 0 spiro atoms. The van der Waals surface area contributed by atoms with E-state index in [1.807, 2.05) is 4.90 Å². The number of aryl methyl sites for hydroxylation is 1. The number of rotatable bonds is 5. The van der Waals surface area contributed by atoms with E-state index in [-0.39, 0.29) is 23.8 Å². The smallest absolute Gasteiger partial charge is 0.292 e. The number of nitro benzene ring substituents is 1. The lowest BCUT2D eigenvalue weighted by Gasteiger charge is -2.36. The predicted molar refractivity (Wildman–Crippen MR) is 111 cm³/mol. The van der Waals surface area contributed by atoms with Crippen molar-refractivity contribution in [1.82, 2.24) is 4.90 Å². The van der Waals surface area contributed by atoms with Crippen LogP contribution >= 0.6 is 11.6 Å². The van der Waals surface area contributed by atoms with Crippen molar-refractivity contribution in [1.29, 1.82) is 0 Å². The van der Waals surface area contributed by atoms with Gasteiger partial charge in [-0.25, -0.2) is 0 Å². The highest BCUT2D eigenvalue weighted by molar-refractivity contribution is 6.31. The highest BCUT2D eigenvalue weighted by Gasteiger charge is 2.22. The fourth-order valence-electron chi connectivity index (χ4n) is 3.39. The van der Waals surface area contributed by atoms with E-state index < -0.39 is 4.92 Å². The molecule has 8 heteroatoms. The first kappa shape index (κ1) is 20.1. The molecule has 7 nitrogen and oxygen atoms in total. The average Bonchev–Trinajstić information content (AvgIpc) is 2.64. The highest BCUT2D eigenvalue weighted by atomic mass is 35.5. The largest absolute Gasteiger partial charge is 0.369 e. The van der Waals surface area contributed by atoms with Gasteiger partial charge in [0.1, 0.15) is 5.69 Å². The molecule has 2 aromatic rings. The monoisotopic (exact) mass is 402 g/mol. The van der Waals surface area contributed by atoms with Gasteiger partial charge in [-0.05, 0) is 43.2 Å². The molecule has 0 aliphatic carbocycles. The molecule has 0 unspecified atom stereocenters. The van der Waals surface area contributed by atoms with Crippen LogP contribution in [0.4, 0.5) is 17.1 Å². The molecule has 2 aromatic carbocycles. The van der Waals surface area contributed by atoms with Gasteiger partial charge in [-0.1, -0.05) is 23.7 Å². The van der Waals surface area contributed by atoms with E-state index >= 15 is 0 Å². The predicted octanol–water partition coefficient (Wildman–Crippen LogP) is 3.63. The Bertz CT molecular complexity index is 895. The molecule has 1 N–H and O–H groups in total. The summed E-state index contributed by atoms with van der Waals surface area (Å²) in [4.78, 5) is 27.4. The first-order valence-corrected chi connectivity index (χ1v) is 9.50. The molecule has 1 fully saturated rings. The summed E-state index contributed by atoms with van der Waals surface area (Å²) in [6, 6.07) is 10.4. The topological polar surface area (TPSA) is 78.7 Å². The molecule has 0 atom stereocenters. The van der Waals surface area contributed by atoms with Gasteiger partial charge >= 0.3 is 0 Å². The van der Waals surface area contributed by atoms with E-state index in [0.29, 0.717) is 5.02 Å². The second-order valence-electron chi connectivity index (χ2n) is 6.95. The van der Waals surface area contributed by atoms with Crippen molar-refractivity contribution in [2.45, 2.75) is 13.8 Å². The fourth-order valence-corrected chi connectivity index (χ4v) is 3.56. The van der Waals surface area contributed by atoms with Gasteiger partial charge in [0.05, 0.1) is 11.5 Å². The SMILES string of the molecule is Cc1cccc(N2CCN(CC(=O)Nc3cc(Cl)ccc3[N+](=O)[O-])CC2)c1C. The van der Waals surface area contributed by atoms with Crippen LogP contribution < -0.4 is 10.2 Å². The lowest BCUT2D eigenvalue weighted by atomic mass is 10.1. The van der Waals surface area contributed by atoms with Crippen molar-refractivity contribution in [2.75, 3.05) is 42.9 Å². The second kappa shape index (κ2) is 8.58. The number of amides is 1. The number of nitro groups is 1. The van der Waals surface area contributed by atoms with Crippen LogP contribution in [-0.2, 0) is 4.79 Å². The molecular weight excluding hydrogens is 380 g/mol. The van der Waals surface area contributed by atoms with Crippen molar-refractivity contribution >= 4 is 34.6 Å². The Balaban J connectivity index is 1.58. The van der Waals surface area contributed by atoms with E-state index in [4.69, 9.17) is 11.6 Å². The third-order valence-electron chi connectivity index (χ3n) is 5.09. The van der Waals surface area contributed by atoms with E-state index in [2.05, 4.69) is 42.3 Å². The number of benzene rings is 2. The molecule has 1 heterocycles. The Labute approximate surface area is 169 Å². The molecule has 28 heavy (non-hydrogen) atoms. The number of nitrogens with zero attached hydrogens (tertiary/aromatic N) is 3. The van der Waals surface area contributed by atoms with Gasteiger partial charge in [-0.3, -0.25) is 19.8 Å². The maximum atomic E-state index is 12.4. The Kier molecular flexibility index (Phi) is 6.16. The maximum absolute atomic E-state index is 12.4. The van der Waals surface area contributed by atoms with Crippen molar-refractivity contribution in [3.63, 3.8) is 0 Å². The number of carbonyl (C=O) groups is 1. The molecule has 3 rings (SSSR count). The average molecular weight is 403 g/mol. The molecule has 1 saturated heterocycles. The molecule has 0 aromatic heterocycles. The first-order chi connectivity index (χ1) is 13.3. The molecule has 148 valence electrons. The number of hydrogen-bond acceptors (Lipinski definition) is 5. The summed E-state index contributed by atoms with van der Waals surface area (Å²) in [5.74, 6) is -0.287. The standard InChI is InChI=1S/C20H23ClN4O3/c1-14-4-3-5-18(15(14)2)24-10-8-23(9-11-24)13-20(26)22-17-12-16(21)6-7-19(17)25(27)28/h3-7,12H,8-11,13H2,1-2H3,(H,22,26). The van der Waals surface area contributed by atoms with Gasteiger partial charge in [-0.15, -0.1) is 0 Å². The highest BCUT2D eigenvalue weighted by Crippen LogP contribution is 2.28. The van der Waals surface area contributed by atoms with Crippen LogP contribution in [0.3, 0.4) is 0 Å². The molecule has 1 aliphatic rings. The van der Waals surface area contributed by atoms with Crippen LogP contribution in [0.1, 0.15) is 11.1 Å². The third kappa shape index (κ3) is 4.61. The summed E-state index contributed by atoms with van der Waals surface area (Å²) in [7, 11) is 0. The molecule has 1 aliphatic heterocycles. The summed E-state index contributed by atoms with van der Waals surface area (Å²) < 4.78 is 0. The molecule has 0 bridgehead atoms. The third-order valence-corrected chi connectivity index (χ3v) is 5.32. The van der Waals surface area contributed by atoms with Gasteiger partial charge in [-0.2, -0.15) is 0 Å². The molecule has 1 amide bonds. The lowest BCUT2D eigenvalue weighted by Crippen LogP contribution is -2.48. The minimum Gasteiger partial charge on any atom is -0.369 e. The zero-order valence-electron chi connectivity index (χ0n) is 15.9. The summed E-state index contributed by atoms with van der Waals surface area (Å²) in [5.41, 5.74) is 3.73. The minimum atomic E-state index is -0.533. The molecule has 0 radical (unpaired) electrons. The van der Waals surface area contributed by atoms with Crippen molar-refractivity contribution < 1.29 is 9.72 Å². The Hall–Kier alpha value is -2.64. The van der Waals surface area contributed by atoms with Crippen LogP contribution in [0.2, 0.25) is 5.02 Å². The van der Waals surface area contributed by atoms with Gasteiger partial charge < -0.3 is 10.2 Å². The van der Waals surface area contributed by atoms with E-state index in [1.54, 1.807) is 0 Å². The van der Waals surface area contributed by atoms with Crippen molar-refractivity contribution in [3.8, 4) is 0 Å². The van der Waals surface area contributed by atoms with Crippen molar-refractivity contribution in [3.05, 3.63) is 62.7 Å². The zero-order chi connectivity index (χ0) is 20.3. The number of halogens is 1. The van der Waals surface area contributed by atoms with Crippen LogP contribution in [-0.4, -0.2) is 48.5 Å². The van der Waals surface area contributed by atoms with Crippen LogP contribution in [0, 0.1) is 24.0 Å². The summed E-state index contributed by atoms with van der Waals surface area (Å²) in [6.45, 7) is 7.57. The van der Waals surface area contributed by atoms with E-state index in [0.717, 1.165) is 26.2 Å². The number of nitrogens with one attached hydrogen (secondary N) is 1. The number of anilines is 2. The van der Waals surface area contributed by atoms with E-state index in [1.165, 1.54) is 35.0 Å². The normalized spacial score (nSPS) is 14.8. The summed E-state index contributed by atoms with van der Waals surface area (Å²) in [6.07, 6.45) is 0. The van der Waals surface area contributed by atoms with Gasteiger partial charge in [0.15, 0.2) is 0 Å². The summed E-state index contributed by atoms with van der Waals surface area (Å²) >= 11 is 5.91. The number of carbonyl (C=O) groups excluding carboxylic acids is 1. The summed E-state index contributed by atoms with van der Waals surface area (Å²) in [5, 5.41) is 14.1. The van der Waals surface area contributed by atoms with Crippen molar-refractivity contribution in [2.24, 2.45) is 0 Å². The fraction of sp³-hybridized carbons (Fsp3) is 0.350. The number of hydrogen-bond donors (Lipinski definition) is 1. The maximum Gasteiger partial charge on any atom is 0.292 e.